The van der Waals surface area contributed by atoms with Gasteiger partial charge in [0, 0.05) is 31.9 Å². The number of fused-ring (bicyclic) bond motifs is 1. The van der Waals surface area contributed by atoms with Gasteiger partial charge >= 0.3 is 0 Å². The number of hydrogen-bond acceptors (Lipinski definition) is 3. The number of aromatic nitrogens is 2. The summed E-state index contributed by atoms with van der Waals surface area (Å²) in [5.74, 6) is 1.06. The van der Waals surface area contributed by atoms with Crippen LogP contribution in [0.25, 0.3) is 22.0 Å². The topological polar surface area (TPSA) is 36.3 Å². The Morgan fingerprint density at radius 1 is 0.906 bits per heavy atom. The van der Waals surface area contributed by atoms with E-state index in [0.717, 1.165) is 36.5 Å². The maximum atomic E-state index is 6.75. The van der Waals surface area contributed by atoms with Gasteiger partial charge < -0.3 is 13.7 Å². The van der Waals surface area contributed by atoms with Crippen molar-refractivity contribution < 1.29 is 9.16 Å². The molecule has 0 saturated heterocycles. The third-order valence-electron chi connectivity index (χ3n) is 6.78. The van der Waals surface area contributed by atoms with Crippen LogP contribution in [0.15, 0.2) is 48.7 Å². The maximum Gasteiger partial charge on any atom is 0.200 e. The van der Waals surface area contributed by atoms with Gasteiger partial charge in [-0.3, -0.25) is 0 Å². The normalized spacial score (nSPS) is 12.6. The molecule has 0 saturated carbocycles. The highest BCUT2D eigenvalue weighted by Crippen LogP contribution is 2.42. The Balaban J connectivity index is 1.74. The van der Waals surface area contributed by atoms with E-state index in [1.807, 2.05) is 0 Å². The zero-order valence-corrected chi connectivity index (χ0v) is 21.9. The van der Waals surface area contributed by atoms with E-state index in [4.69, 9.17) is 14.1 Å². The molecule has 0 spiro atoms. The number of rotatable bonds is 11. The van der Waals surface area contributed by atoms with Gasteiger partial charge in [0.25, 0.3) is 0 Å². The van der Waals surface area contributed by atoms with E-state index in [0.29, 0.717) is 23.4 Å². The molecule has 0 fully saturated rings. The fraction of sp³-hybridized carbons (Fsp3) is 0.519. The van der Waals surface area contributed by atoms with Gasteiger partial charge in [-0.05, 0) is 39.9 Å². The van der Waals surface area contributed by atoms with Crippen molar-refractivity contribution in [2.75, 3.05) is 13.7 Å². The summed E-state index contributed by atoms with van der Waals surface area (Å²) in [5, 5.41) is 2.48. The molecular weight excluding hydrogens is 412 g/mol. The maximum absolute atomic E-state index is 6.75. The molecule has 2 aromatic carbocycles. The molecule has 0 amide bonds. The van der Waals surface area contributed by atoms with Crippen molar-refractivity contribution in [3.8, 4) is 11.3 Å². The minimum absolute atomic E-state index is 0.513. The summed E-state index contributed by atoms with van der Waals surface area (Å²) in [6.45, 7) is 15.4. The Bertz CT molecular complexity index is 988. The smallest absolute Gasteiger partial charge is 0.200 e. The van der Waals surface area contributed by atoms with Crippen molar-refractivity contribution in [3.05, 3.63) is 54.5 Å². The predicted molar refractivity (Wildman–Crippen MR) is 137 cm³/mol. The summed E-state index contributed by atoms with van der Waals surface area (Å²) in [4.78, 5) is 4.98. The van der Waals surface area contributed by atoms with Gasteiger partial charge in [0.15, 0.2) is 8.32 Å². The fourth-order valence-electron chi connectivity index (χ4n) is 5.37. The largest absolute Gasteiger partial charge is 0.416 e. The number of methoxy groups -OCH3 is 1. The van der Waals surface area contributed by atoms with Crippen LogP contribution >= 0.6 is 0 Å². The summed E-state index contributed by atoms with van der Waals surface area (Å²) >= 11 is 0. The summed E-state index contributed by atoms with van der Waals surface area (Å²) in [5.41, 5.74) is 3.97. The lowest BCUT2D eigenvalue weighted by Crippen LogP contribution is -2.48. The molecule has 4 nitrogen and oxygen atoms in total. The molecule has 5 heteroatoms. The monoisotopic (exact) mass is 452 g/mol. The minimum Gasteiger partial charge on any atom is -0.416 e. The van der Waals surface area contributed by atoms with Crippen molar-refractivity contribution in [2.45, 2.75) is 77.7 Å². The number of hydrogen-bond donors (Lipinski definition) is 0. The Morgan fingerprint density at radius 3 is 2.19 bits per heavy atom. The van der Waals surface area contributed by atoms with Crippen molar-refractivity contribution in [1.29, 1.82) is 0 Å². The van der Waals surface area contributed by atoms with E-state index in [-0.39, 0.29) is 0 Å². The fourth-order valence-corrected chi connectivity index (χ4v) is 10.9. The summed E-state index contributed by atoms with van der Waals surface area (Å²) < 4.78 is 14.3. The zero-order chi connectivity index (χ0) is 23.3. The highest BCUT2D eigenvalue weighted by molar-refractivity contribution is 6.77. The summed E-state index contributed by atoms with van der Waals surface area (Å²) in [6.07, 6.45) is 3.97. The second kappa shape index (κ2) is 10.8. The molecule has 32 heavy (non-hydrogen) atoms. The first kappa shape index (κ1) is 24.7. The van der Waals surface area contributed by atoms with E-state index < -0.39 is 8.32 Å². The molecule has 3 aromatic rings. The number of ether oxygens (including phenoxy) is 1. The van der Waals surface area contributed by atoms with Gasteiger partial charge in [-0.1, -0.05) is 77.9 Å². The molecule has 0 radical (unpaired) electrons. The molecule has 1 heterocycles. The van der Waals surface area contributed by atoms with Crippen LogP contribution in [0.5, 0.6) is 0 Å². The van der Waals surface area contributed by atoms with E-state index >= 15 is 0 Å². The zero-order valence-electron chi connectivity index (χ0n) is 20.9. The molecule has 0 unspecified atom stereocenters. The van der Waals surface area contributed by atoms with Crippen LogP contribution in [0.2, 0.25) is 16.6 Å². The van der Waals surface area contributed by atoms with Crippen molar-refractivity contribution >= 4 is 19.1 Å². The van der Waals surface area contributed by atoms with Crippen LogP contribution in [0.3, 0.4) is 0 Å². The number of imidazole rings is 1. The van der Waals surface area contributed by atoms with Crippen LogP contribution in [0.4, 0.5) is 0 Å². The SMILES string of the molecule is COCn1cc(-c2ccc3ccccc3c2)nc1CCCO[Si](C(C)C)(C(C)C)C(C)C. The molecule has 0 N–H and O–H groups in total. The van der Waals surface area contributed by atoms with Crippen LogP contribution < -0.4 is 0 Å². The highest BCUT2D eigenvalue weighted by Gasteiger charge is 2.44. The second-order valence-electron chi connectivity index (χ2n) is 9.76. The van der Waals surface area contributed by atoms with Crippen LogP contribution in [0, 0.1) is 0 Å². The molecule has 0 atom stereocenters. The lowest BCUT2D eigenvalue weighted by Gasteiger charge is -2.42. The third-order valence-corrected chi connectivity index (χ3v) is 12.9. The molecular formula is C27H40N2O2Si. The molecule has 0 bridgehead atoms. The number of nitrogens with zero attached hydrogens (tertiary/aromatic N) is 2. The molecule has 0 aliphatic rings. The lowest BCUT2D eigenvalue weighted by molar-refractivity contribution is 0.128. The van der Waals surface area contributed by atoms with Gasteiger partial charge in [0.05, 0.1) is 5.69 Å². The molecule has 1 aromatic heterocycles. The predicted octanol–water partition coefficient (Wildman–Crippen LogP) is 7.43. The molecule has 174 valence electrons. The molecule has 3 rings (SSSR count). The number of aryl methyl sites for hydroxylation is 1. The quantitative estimate of drug-likeness (QED) is 0.224. The van der Waals surface area contributed by atoms with Crippen molar-refractivity contribution in [2.24, 2.45) is 0 Å². The van der Waals surface area contributed by atoms with Gasteiger partial charge in [0.1, 0.15) is 12.6 Å². The lowest BCUT2D eigenvalue weighted by atomic mass is 10.1. The Kier molecular flexibility index (Phi) is 8.31. The molecule has 0 aliphatic carbocycles. The second-order valence-corrected chi connectivity index (χ2v) is 15.2. The Morgan fingerprint density at radius 2 is 1.56 bits per heavy atom. The van der Waals surface area contributed by atoms with Crippen LogP contribution in [0.1, 0.15) is 53.8 Å². The van der Waals surface area contributed by atoms with Gasteiger partial charge in [-0.15, -0.1) is 0 Å². The van der Waals surface area contributed by atoms with E-state index in [9.17, 15) is 0 Å². The first-order valence-electron chi connectivity index (χ1n) is 12.0. The van der Waals surface area contributed by atoms with Gasteiger partial charge in [-0.25, -0.2) is 4.98 Å². The standard InChI is InChI=1S/C27H40N2O2Si/c1-20(2)32(21(3)4,22(5)6)31-16-10-13-27-28-26(18-29(27)19-30-7)25-15-14-23-11-8-9-12-24(23)17-25/h8-9,11-12,14-15,17-18,20-22H,10,13,16,19H2,1-7H3. The first-order chi connectivity index (χ1) is 15.3. The van der Waals surface area contributed by atoms with E-state index in [1.54, 1.807) is 7.11 Å². The van der Waals surface area contributed by atoms with Gasteiger partial charge in [0.2, 0.25) is 0 Å². The third kappa shape index (κ3) is 5.16. The Labute approximate surface area is 195 Å². The highest BCUT2D eigenvalue weighted by atomic mass is 28.4. The minimum atomic E-state index is -1.82. The van der Waals surface area contributed by atoms with Crippen LogP contribution in [-0.4, -0.2) is 31.6 Å². The first-order valence-corrected chi connectivity index (χ1v) is 14.1. The van der Waals surface area contributed by atoms with E-state index in [1.165, 1.54) is 10.8 Å². The Hall–Kier alpha value is -1.95. The summed E-state index contributed by atoms with van der Waals surface area (Å²) in [7, 11) is -0.0874. The number of benzene rings is 2. The van der Waals surface area contributed by atoms with Crippen molar-refractivity contribution in [3.63, 3.8) is 0 Å². The van der Waals surface area contributed by atoms with Gasteiger partial charge in [-0.2, -0.15) is 0 Å². The average molecular weight is 453 g/mol. The van der Waals surface area contributed by atoms with Crippen molar-refractivity contribution in [1.82, 2.24) is 9.55 Å². The average Bonchev–Trinajstić information content (AvgIpc) is 3.15. The van der Waals surface area contributed by atoms with Crippen LogP contribution in [-0.2, 0) is 22.3 Å². The summed E-state index contributed by atoms with van der Waals surface area (Å²) in [6, 6.07) is 15.0. The van der Waals surface area contributed by atoms with E-state index in [2.05, 4.69) is 94.8 Å². The molecule has 0 aliphatic heterocycles.